The van der Waals surface area contributed by atoms with Gasteiger partial charge in [0, 0.05) is 24.3 Å². The molecule has 0 saturated carbocycles. The summed E-state index contributed by atoms with van der Waals surface area (Å²) in [6.07, 6.45) is 0. The first-order valence-corrected chi connectivity index (χ1v) is 5.21. The average Bonchev–Trinajstić information content (AvgIpc) is 2.41. The molecule has 0 aliphatic heterocycles. The average molecular weight is 247 g/mol. The second-order valence-corrected chi connectivity index (χ2v) is 3.45. The highest BCUT2D eigenvalue weighted by molar-refractivity contribution is 5.43. The van der Waals surface area contributed by atoms with E-state index >= 15 is 0 Å². The van der Waals surface area contributed by atoms with Crippen molar-refractivity contribution in [3.63, 3.8) is 0 Å². The molecule has 0 radical (unpaired) electrons. The van der Waals surface area contributed by atoms with Gasteiger partial charge in [-0.15, -0.1) is 10.2 Å². The summed E-state index contributed by atoms with van der Waals surface area (Å²) in [6.45, 7) is 0. The Hall–Kier alpha value is -2.50. The number of aromatic nitrogens is 2. The Kier molecular flexibility index (Phi) is 3.47. The van der Waals surface area contributed by atoms with Gasteiger partial charge >= 0.3 is 0 Å². The van der Waals surface area contributed by atoms with E-state index in [-0.39, 0.29) is 0 Å². The van der Waals surface area contributed by atoms with Crippen LogP contribution in [0.5, 0.6) is 23.1 Å². The molecule has 0 bridgehead atoms. The number of hydrogen-bond donors (Lipinski definition) is 1. The van der Waals surface area contributed by atoms with E-state index in [1.54, 1.807) is 44.6 Å². The summed E-state index contributed by atoms with van der Waals surface area (Å²) < 4.78 is 15.8. The van der Waals surface area contributed by atoms with Gasteiger partial charge in [0.15, 0.2) is 0 Å². The number of anilines is 1. The normalized spacial score (nSPS) is 9.89. The van der Waals surface area contributed by atoms with Gasteiger partial charge in [-0.1, -0.05) is 0 Å². The standard InChI is InChI=1S/C12H13N3O3/c1-16-8-5-9(17-2)7-10(6-8)18-12-4-3-11(13)14-15-12/h3-7H,1-2H3,(H2,13,14). The van der Waals surface area contributed by atoms with Gasteiger partial charge < -0.3 is 19.9 Å². The maximum absolute atomic E-state index is 5.53. The SMILES string of the molecule is COc1cc(OC)cc(Oc2ccc(N)nn2)c1. The zero-order valence-corrected chi connectivity index (χ0v) is 10.1. The number of benzene rings is 1. The smallest absolute Gasteiger partial charge is 0.238 e. The summed E-state index contributed by atoms with van der Waals surface area (Å²) in [5.41, 5.74) is 5.44. The van der Waals surface area contributed by atoms with Crippen LogP contribution in [0.3, 0.4) is 0 Å². The lowest BCUT2D eigenvalue weighted by Crippen LogP contribution is -1.95. The molecule has 0 atom stereocenters. The summed E-state index contributed by atoms with van der Waals surface area (Å²) in [5, 5.41) is 7.51. The fourth-order valence-electron chi connectivity index (χ4n) is 1.35. The van der Waals surface area contributed by atoms with Gasteiger partial charge in [0.1, 0.15) is 23.1 Å². The van der Waals surface area contributed by atoms with Gasteiger partial charge in [0.25, 0.3) is 0 Å². The number of rotatable bonds is 4. The van der Waals surface area contributed by atoms with Crippen LogP contribution in [0, 0.1) is 0 Å². The summed E-state index contributed by atoms with van der Waals surface area (Å²) in [7, 11) is 3.14. The maximum Gasteiger partial charge on any atom is 0.238 e. The van der Waals surface area contributed by atoms with Crippen LogP contribution in [0.15, 0.2) is 30.3 Å². The zero-order valence-electron chi connectivity index (χ0n) is 10.1. The Morgan fingerprint density at radius 2 is 1.50 bits per heavy atom. The van der Waals surface area contributed by atoms with Crippen molar-refractivity contribution in [2.24, 2.45) is 0 Å². The quantitative estimate of drug-likeness (QED) is 0.888. The van der Waals surface area contributed by atoms with Crippen molar-refractivity contribution in [3.05, 3.63) is 30.3 Å². The molecule has 0 fully saturated rings. The Morgan fingerprint density at radius 1 is 0.889 bits per heavy atom. The summed E-state index contributed by atoms with van der Waals surface area (Å²) in [4.78, 5) is 0. The fraction of sp³-hybridized carbons (Fsp3) is 0.167. The van der Waals surface area contributed by atoms with Crippen LogP contribution in [0.25, 0.3) is 0 Å². The van der Waals surface area contributed by atoms with E-state index in [2.05, 4.69) is 10.2 Å². The number of nitrogens with zero attached hydrogens (tertiary/aromatic N) is 2. The maximum atomic E-state index is 5.53. The molecule has 1 aromatic heterocycles. The molecule has 0 unspecified atom stereocenters. The topological polar surface area (TPSA) is 79.5 Å². The monoisotopic (exact) mass is 247 g/mol. The molecule has 0 saturated heterocycles. The van der Waals surface area contributed by atoms with E-state index < -0.39 is 0 Å². The van der Waals surface area contributed by atoms with Crippen molar-refractivity contribution in [2.45, 2.75) is 0 Å². The van der Waals surface area contributed by atoms with Crippen LogP contribution in [0.2, 0.25) is 0 Å². The van der Waals surface area contributed by atoms with Crippen molar-refractivity contribution < 1.29 is 14.2 Å². The van der Waals surface area contributed by atoms with Gasteiger partial charge in [-0.2, -0.15) is 0 Å². The summed E-state index contributed by atoms with van der Waals surface area (Å²) in [5.74, 6) is 2.50. The highest BCUT2D eigenvalue weighted by Gasteiger charge is 2.05. The number of methoxy groups -OCH3 is 2. The van der Waals surface area contributed by atoms with Gasteiger partial charge in [0.2, 0.25) is 5.88 Å². The second kappa shape index (κ2) is 5.22. The highest BCUT2D eigenvalue weighted by atomic mass is 16.5. The van der Waals surface area contributed by atoms with E-state index in [4.69, 9.17) is 19.9 Å². The molecule has 6 heteroatoms. The Morgan fingerprint density at radius 3 is 2.00 bits per heavy atom. The number of nitrogen functional groups attached to an aromatic ring is 1. The lowest BCUT2D eigenvalue weighted by Gasteiger charge is -2.08. The summed E-state index contributed by atoms with van der Waals surface area (Å²) in [6, 6.07) is 8.44. The van der Waals surface area contributed by atoms with Crippen molar-refractivity contribution in [1.29, 1.82) is 0 Å². The molecule has 6 nitrogen and oxygen atoms in total. The zero-order chi connectivity index (χ0) is 13.0. The third kappa shape index (κ3) is 2.79. The molecule has 18 heavy (non-hydrogen) atoms. The van der Waals surface area contributed by atoms with Crippen molar-refractivity contribution in [2.75, 3.05) is 20.0 Å². The number of nitrogens with two attached hydrogens (primary N) is 1. The lowest BCUT2D eigenvalue weighted by atomic mass is 10.3. The third-order valence-corrected chi connectivity index (χ3v) is 2.21. The Balaban J connectivity index is 2.25. The minimum atomic E-state index is 0.338. The van der Waals surface area contributed by atoms with Crippen LogP contribution in [-0.2, 0) is 0 Å². The minimum Gasteiger partial charge on any atom is -0.496 e. The first-order chi connectivity index (χ1) is 8.71. The predicted molar refractivity (Wildman–Crippen MR) is 66.1 cm³/mol. The van der Waals surface area contributed by atoms with Gasteiger partial charge in [-0.3, -0.25) is 0 Å². The molecule has 1 aromatic carbocycles. The molecule has 94 valence electrons. The molecule has 2 N–H and O–H groups in total. The van der Waals surface area contributed by atoms with E-state index in [1.807, 2.05) is 0 Å². The minimum absolute atomic E-state index is 0.338. The van der Waals surface area contributed by atoms with Gasteiger partial charge in [-0.05, 0) is 6.07 Å². The molecule has 1 heterocycles. The van der Waals surface area contributed by atoms with E-state index in [0.29, 0.717) is 28.9 Å². The van der Waals surface area contributed by atoms with E-state index in [0.717, 1.165) is 0 Å². The Labute approximate surface area is 104 Å². The van der Waals surface area contributed by atoms with Crippen LogP contribution in [0.1, 0.15) is 0 Å². The molecule has 2 rings (SSSR count). The third-order valence-electron chi connectivity index (χ3n) is 2.21. The van der Waals surface area contributed by atoms with Crippen molar-refractivity contribution >= 4 is 5.82 Å². The van der Waals surface area contributed by atoms with Crippen LogP contribution in [-0.4, -0.2) is 24.4 Å². The highest BCUT2D eigenvalue weighted by Crippen LogP contribution is 2.29. The molecule has 0 amide bonds. The van der Waals surface area contributed by atoms with Crippen LogP contribution >= 0.6 is 0 Å². The van der Waals surface area contributed by atoms with E-state index in [9.17, 15) is 0 Å². The van der Waals surface area contributed by atoms with E-state index in [1.165, 1.54) is 0 Å². The Bertz CT molecular complexity index is 506. The molecule has 0 aliphatic rings. The van der Waals surface area contributed by atoms with Crippen LogP contribution < -0.4 is 19.9 Å². The second-order valence-electron chi connectivity index (χ2n) is 3.45. The molecular formula is C12H13N3O3. The predicted octanol–water partition coefficient (Wildman–Crippen LogP) is 1.87. The van der Waals surface area contributed by atoms with Crippen LogP contribution in [0.4, 0.5) is 5.82 Å². The van der Waals surface area contributed by atoms with Crippen molar-refractivity contribution in [1.82, 2.24) is 10.2 Å². The first kappa shape index (κ1) is 12.0. The molecular weight excluding hydrogens is 234 g/mol. The van der Waals surface area contributed by atoms with Gasteiger partial charge in [0.05, 0.1) is 14.2 Å². The van der Waals surface area contributed by atoms with Crippen molar-refractivity contribution in [3.8, 4) is 23.1 Å². The lowest BCUT2D eigenvalue weighted by molar-refractivity contribution is 0.384. The summed E-state index contributed by atoms with van der Waals surface area (Å²) >= 11 is 0. The molecule has 2 aromatic rings. The number of ether oxygens (including phenoxy) is 3. The fourth-order valence-corrected chi connectivity index (χ4v) is 1.35. The largest absolute Gasteiger partial charge is 0.496 e. The van der Waals surface area contributed by atoms with Gasteiger partial charge in [-0.25, -0.2) is 0 Å². The number of hydrogen-bond acceptors (Lipinski definition) is 6. The molecule has 0 aliphatic carbocycles. The first-order valence-electron chi connectivity index (χ1n) is 5.21. The molecule has 0 spiro atoms.